The van der Waals surface area contributed by atoms with Gasteiger partial charge in [-0.25, -0.2) is 4.98 Å². The maximum atomic E-state index is 13.1. The van der Waals surface area contributed by atoms with Gasteiger partial charge in [-0.15, -0.1) is 0 Å². The monoisotopic (exact) mass is 425 g/mol. The quantitative estimate of drug-likeness (QED) is 0.728. The average Bonchev–Trinajstić information content (AvgIpc) is 3.10. The molecule has 0 unspecified atom stereocenters. The predicted molar refractivity (Wildman–Crippen MR) is 121 cm³/mol. The number of fused-ring (bicyclic) bond motifs is 2. The van der Waals surface area contributed by atoms with Crippen LogP contribution < -0.4 is 4.90 Å². The number of carbonyl (C=O) groups excluding carboxylic acids is 1. The molecular weight excluding hydrogens is 390 g/mol. The van der Waals surface area contributed by atoms with Crippen molar-refractivity contribution in [3.05, 3.63) is 23.5 Å². The first-order valence-corrected chi connectivity index (χ1v) is 11.8. The predicted octanol–water partition coefficient (Wildman–Crippen LogP) is 0.996. The molecule has 0 spiro atoms. The third-order valence-corrected chi connectivity index (χ3v) is 7.00. The summed E-state index contributed by atoms with van der Waals surface area (Å²) in [4.78, 5) is 27.3. The van der Waals surface area contributed by atoms with E-state index in [-0.39, 0.29) is 5.92 Å². The number of aromatic nitrogens is 3. The Bertz CT molecular complexity index is 941. The number of anilines is 1. The van der Waals surface area contributed by atoms with Crippen molar-refractivity contribution in [2.75, 3.05) is 70.9 Å². The van der Waals surface area contributed by atoms with Crippen LogP contribution in [0.1, 0.15) is 25.1 Å². The van der Waals surface area contributed by atoms with Crippen LogP contribution in [0.2, 0.25) is 0 Å². The standard InChI is InChI=1S/C23H35N7O/c1-17(2)14-27-10-12-28(13-11-27)23(31)18-15-29(16-18)22-19-5-8-26(3)9-6-20(19)25-21-4-7-24-30(21)22/h4,7,17-18H,5-6,8-16H2,1-3H3. The molecule has 2 fully saturated rings. The maximum absolute atomic E-state index is 13.1. The van der Waals surface area contributed by atoms with E-state index in [4.69, 9.17) is 4.98 Å². The molecule has 168 valence electrons. The zero-order chi connectivity index (χ0) is 21.5. The van der Waals surface area contributed by atoms with Crippen LogP contribution in [0.25, 0.3) is 5.65 Å². The van der Waals surface area contributed by atoms with E-state index in [1.54, 1.807) is 0 Å². The SMILES string of the molecule is CC(C)CN1CCN(C(=O)C2CN(c3c4c(nc5ccnn35)CCN(C)CC4)C2)CC1. The van der Waals surface area contributed by atoms with Crippen molar-refractivity contribution in [1.82, 2.24) is 29.3 Å². The van der Waals surface area contributed by atoms with E-state index in [1.807, 2.05) is 16.8 Å². The van der Waals surface area contributed by atoms with Crippen LogP contribution in [-0.2, 0) is 17.6 Å². The van der Waals surface area contributed by atoms with E-state index in [2.05, 4.69) is 45.6 Å². The summed E-state index contributed by atoms with van der Waals surface area (Å²) in [5, 5.41) is 4.57. The van der Waals surface area contributed by atoms with Gasteiger partial charge in [0.05, 0.1) is 17.8 Å². The molecule has 0 atom stereocenters. The third kappa shape index (κ3) is 4.03. The Morgan fingerprint density at radius 1 is 1.10 bits per heavy atom. The molecule has 31 heavy (non-hydrogen) atoms. The van der Waals surface area contributed by atoms with Gasteiger partial charge in [-0.2, -0.15) is 9.61 Å². The van der Waals surface area contributed by atoms with Gasteiger partial charge in [-0.05, 0) is 19.4 Å². The van der Waals surface area contributed by atoms with E-state index in [9.17, 15) is 4.79 Å². The maximum Gasteiger partial charge on any atom is 0.229 e. The minimum atomic E-state index is 0.0968. The lowest BCUT2D eigenvalue weighted by molar-refractivity contribution is -0.138. The lowest BCUT2D eigenvalue weighted by atomic mass is 9.96. The largest absolute Gasteiger partial charge is 0.354 e. The number of amides is 1. The normalized spacial score (nSPS) is 21.4. The zero-order valence-corrected chi connectivity index (χ0v) is 19.1. The van der Waals surface area contributed by atoms with E-state index in [0.717, 1.165) is 83.2 Å². The second kappa shape index (κ2) is 8.39. The van der Waals surface area contributed by atoms with Crippen molar-refractivity contribution in [1.29, 1.82) is 0 Å². The highest BCUT2D eigenvalue weighted by molar-refractivity contribution is 5.82. The summed E-state index contributed by atoms with van der Waals surface area (Å²) < 4.78 is 1.98. The average molecular weight is 426 g/mol. The van der Waals surface area contributed by atoms with Crippen LogP contribution in [-0.4, -0.2) is 101 Å². The van der Waals surface area contributed by atoms with E-state index < -0.39 is 0 Å². The van der Waals surface area contributed by atoms with Crippen LogP contribution in [0.15, 0.2) is 12.3 Å². The van der Waals surface area contributed by atoms with E-state index >= 15 is 0 Å². The van der Waals surface area contributed by atoms with Crippen molar-refractivity contribution in [3.8, 4) is 0 Å². The van der Waals surface area contributed by atoms with Gasteiger partial charge in [0, 0.05) is 77.0 Å². The molecule has 2 aromatic heterocycles. The summed E-state index contributed by atoms with van der Waals surface area (Å²) in [6.45, 7) is 13.0. The highest BCUT2D eigenvalue weighted by atomic mass is 16.2. The molecule has 1 amide bonds. The topological polar surface area (TPSA) is 60.2 Å². The first-order valence-electron chi connectivity index (χ1n) is 11.8. The molecule has 2 saturated heterocycles. The fraction of sp³-hybridized carbons (Fsp3) is 0.696. The van der Waals surface area contributed by atoms with Gasteiger partial charge in [0.2, 0.25) is 5.91 Å². The summed E-state index contributed by atoms with van der Waals surface area (Å²) in [6, 6.07) is 1.98. The molecule has 0 radical (unpaired) electrons. The molecule has 0 saturated carbocycles. The molecule has 0 aromatic carbocycles. The highest BCUT2D eigenvalue weighted by Crippen LogP contribution is 2.32. The Kier molecular flexibility index (Phi) is 5.60. The van der Waals surface area contributed by atoms with E-state index in [1.165, 1.54) is 11.3 Å². The van der Waals surface area contributed by atoms with Gasteiger partial charge >= 0.3 is 0 Å². The number of hydrogen-bond acceptors (Lipinski definition) is 6. The lowest BCUT2D eigenvalue weighted by Gasteiger charge is -2.44. The van der Waals surface area contributed by atoms with Gasteiger partial charge in [-0.3, -0.25) is 9.69 Å². The highest BCUT2D eigenvalue weighted by Gasteiger charge is 2.39. The minimum absolute atomic E-state index is 0.0968. The van der Waals surface area contributed by atoms with E-state index in [0.29, 0.717) is 11.8 Å². The Hall–Kier alpha value is -2.19. The first-order chi connectivity index (χ1) is 15.0. The third-order valence-electron chi connectivity index (χ3n) is 7.00. The second-order valence-electron chi connectivity index (χ2n) is 9.89. The molecule has 5 rings (SSSR count). The van der Waals surface area contributed by atoms with Crippen LogP contribution >= 0.6 is 0 Å². The summed E-state index contributed by atoms with van der Waals surface area (Å²) in [7, 11) is 2.18. The van der Waals surface area contributed by atoms with Crippen LogP contribution in [0, 0.1) is 11.8 Å². The second-order valence-corrected chi connectivity index (χ2v) is 9.89. The Balaban J connectivity index is 1.28. The molecule has 0 bridgehead atoms. The fourth-order valence-corrected chi connectivity index (χ4v) is 5.24. The number of rotatable bonds is 4. The Labute approximate surface area is 184 Å². The Morgan fingerprint density at radius 3 is 2.58 bits per heavy atom. The summed E-state index contributed by atoms with van der Waals surface area (Å²) in [5.41, 5.74) is 3.42. The fourth-order valence-electron chi connectivity index (χ4n) is 5.24. The zero-order valence-electron chi connectivity index (χ0n) is 19.1. The van der Waals surface area contributed by atoms with Crippen molar-refractivity contribution >= 4 is 17.4 Å². The molecule has 8 nitrogen and oxygen atoms in total. The van der Waals surface area contributed by atoms with Crippen molar-refractivity contribution in [3.63, 3.8) is 0 Å². The lowest BCUT2D eigenvalue weighted by Crippen LogP contribution is -2.58. The van der Waals surface area contributed by atoms with Gasteiger partial charge in [0.15, 0.2) is 5.65 Å². The van der Waals surface area contributed by atoms with Crippen molar-refractivity contribution in [2.45, 2.75) is 26.7 Å². The number of hydrogen-bond donors (Lipinski definition) is 0. The van der Waals surface area contributed by atoms with Crippen molar-refractivity contribution < 1.29 is 4.79 Å². The summed E-state index contributed by atoms with van der Waals surface area (Å²) in [6.07, 6.45) is 3.78. The molecule has 5 heterocycles. The molecule has 0 aliphatic carbocycles. The van der Waals surface area contributed by atoms with Crippen LogP contribution in [0.3, 0.4) is 0 Å². The summed E-state index contributed by atoms with van der Waals surface area (Å²) >= 11 is 0. The number of likely N-dealkylation sites (N-methyl/N-ethyl adjacent to an activating group) is 1. The first kappa shape index (κ1) is 20.7. The number of carbonyl (C=O) groups is 1. The minimum Gasteiger partial charge on any atom is -0.354 e. The molecule has 2 aromatic rings. The number of piperazine rings is 1. The Morgan fingerprint density at radius 2 is 1.84 bits per heavy atom. The van der Waals surface area contributed by atoms with Gasteiger partial charge < -0.3 is 14.7 Å². The van der Waals surface area contributed by atoms with Crippen LogP contribution in [0.5, 0.6) is 0 Å². The molecule has 0 N–H and O–H groups in total. The molecular formula is C23H35N7O. The molecule has 3 aliphatic heterocycles. The van der Waals surface area contributed by atoms with Crippen LogP contribution in [0.4, 0.5) is 5.82 Å². The smallest absolute Gasteiger partial charge is 0.229 e. The molecule has 3 aliphatic rings. The van der Waals surface area contributed by atoms with Crippen molar-refractivity contribution in [2.24, 2.45) is 11.8 Å². The van der Waals surface area contributed by atoms with Gasteiger partial charge in [0.1, 0.15) is 5.82 Å². The molecule has 8 heteroatoms. The van der Waals surface area contributed by atoms with Gasteiger partial charge in [-0.1, -0.05) is 13.8 Å². The van der Waals surface area contributed by atoms with Gasteiger partial charge in [0.25, 0.3) is 0 Å². The number of nitrogens with zero attached hydrogens (tertiary/aromatic N) is 7. The summed E-state index contributed by atoms with van der Waals surface area (Å²) in [5.74, 6) is 2.26.